The first-order chi connectivity index (χ1) is 5.83. The summed E-state index contributed by atoms with van der Waals surface area (Å²) in [6.45, 7) is -0.547. The van der Waals surface area contributed by atoms with E-state index < -0.39 is 6.67 Å². The van der Waals surface area contributed by atoms with E-state index in [2.05, 4.69) is 4.37 Å². The Kier molecular flexibility index (Phi) is 1.69. The van der Waals surface area contributed by atoms with Gasteiger partial charge in [0, 0.05) is 11.1 Å². The summed E-state index contributed by atoms with van der Waals surface area (Å²) in [5.41, 5.74) is 6.73. The molecule has 0 aliphatic heterocycles. The van der Waals surface area contributed by atoms with Crippen LogP contribution in [-0.2, 0) is 6.67 Å². The van der Waals surface area contributed by atoms with Gasteiger partial charge in [-0.1, -0.05) is 6.07 Å². The zero-order chi connectivity index (χ0) is 8.55. The summed E-state index contributed by atoms with van der Waals surface area (Å²) < 4.78 is 17.3. The number of halogens is 1. The molecule has 0 atom stereocenters. The summed E-state index contributed by atoms with van der Waals surface area (Å²) in [6.07, 6.45) is 0. The molecule has 2 nitrogen and oxygen atoms in total. The lowest BCUT2D eigenvalue weighted by molar-refractivity contribution is 0.481. The van der Waals surface area contributed by atoms with Crippen molar-refractivity contribution in [3.8, 4) is 0 Å². The Bertz CT molecular complexity index is 410. The molecule has 0 saturated heterocycles. The number of aromatic nitrogens is 1. The van der Waals surface area contributed by atoms with E-state index in [0.717, 1.165) is 10.1 Å². The first-order valence-corrected chi connectivity index (χ1v) is 4.29. The normalized spacial score (nSPS) is 10.8. The Morgan fingerprint density at radius 3 is 3.08 bits per heavy atom. The Labute approximate surface area is 73.0 Å². The van der Waals surface area contributed by atoms with Gasteiger partial charge in [0.05, 0.1) is 10.4 Å². The van der Waals surface area contributed by atoms with Crippen molar-refractivity contribution in [3.63, 3.8) is 0 Å². The number of benzene rings is 1. The van der Waals surface area contributed by atoms with Crippen LogP contribution in [-0.4, -0.2) is 4.37 Å². The maximum Gasteiger partial charge on any atom is 0.133 e. The Hall–Kier alpha value is -1.16. The van der Waals surface area contributed by atoms with Crippen molar-refractivity contribution in [1.29, 1.82) is 0 Å². The summed E-state index contributed by atoms with van der Waals surface area (Å²) in [5.74, 6) is 0. The minimum absolute atomic E-state index is 0.452. The number of hydrogen-bond acceptors (Lipinski definition) is 3. The number of nitrogens with two attached hydrogens (primary N) is 1. The average molecular weight is 182 g/mol. The largest absolute Gasteiger partial charge is 0.398 e. The second-order valence-electron chi connectivity index (χ2n) is 2.48. The molecule has 0 fully saturated rings. The van der Waals surface area contributed by atoms with Crippen LogP contribution < -0.4 is 5.73 Å². The van der Waals surface area contributed by atoms with Crippen LogP contribution in [0.1, 0.15) is 5.69 Å². The molecule has 0 unspecified atom stereocenters. The van der Waals surface area contributed by atoms with Crippen LogP contribution in [0.25, 0.3) is 10.1 Å². The lowest BCUT2D eigenvalue weighted by atomic mass is 10.2. The molecule has 0 radical (unpaired) electrons. The molecule has 1 aromatic carbocycles. The molecule has 2 aromatic rings. The second-order valence-corrected chi connectivity index (χ2v) is 3.29. The number of fused-ring (bicyclic) bond motifs is 1. The third kappa shape index (κ3) is 0.956. The smallest absolute Gasteiger partial charge is 0.133 e. The fourth-order valence-corrected chi connectivity index (χ4v) is 1.99. The highest BCUT2D eigenvalue weighted by atomic mass is 32.1. The number of alkyl halides is 1. The van der Waals surface area contributed by atoms with Gasteiger partial charge in [-0.2, -0.15) is 4.37 Å². The van der Waals surface area contributed by atoms with Gasteiger partial charge in [-0.15, -0.1) is 0 Å². The Balaban J connectivity index is 2.83. The molecule has 0 aliphatic rings. The summed E-state index contributed by atoms with van der Waals surface area (Å²) in [5, 5.41) is 0.769. The molecule has 12 heavy (non-hydrogen) atoms. The van der Waals surface area contributed by atoms with Crippen molar-refractivity contribution in [1.82, 2.24) is 4.37 Å². The van der Waals surface area contributed by atoms with Crippen molar-refractivity contribution >= 4 is 27.3 Å². The highest BCUT2D eigenvalue weighted by molar-refractivity contribution is 7.13. The number of nitrogen functional groups attached to an aromatic ring is 1. The van der Waals surface area contributed by atoms with E-state index in [9.17, 15) is 4.39 Å². The summed E-state index contributed by atoms with van der Waals surface area (Å²) in [7, 11) is 0. The third-order valence-corrected chi connectivity index (χ3v) is 2.58. The highest BCUT2D eigenvalue weighted by Crippen LogP contribution is 2.28. The molecule has 0 saturated carbocycles. The molecule has 1 aromatic heterocycles. The van der Waals surface area contributed by atoms with Gasteiger partial charge in [0.1, 0.15) is 6.67 Å². The fraction of sp³-hybridized carbons (Fsp3) is 0.125. The monoisotopic (exact) mass is 182 g/mol. The molecule has 0 spiro atoms. The van der Waals surface area contributed by atoms with Gasteiger partial charge in [0.25, 0.3) is 0 Å². The minimum atomic E-state index is -0.547. The first-order valence-electron chi connectivity index (χ1n) is 3.51. The SMILES string of the molecule is Nc1cccc2snc(CF)c12. The molecule has 62 valence electrons. The van der Waals surface area contributed by atoms with E-state index >= 15 is 0 Å². The Morgan fingerprint density at radius 2 is 2.33 bits per heavy atom. The second kappa shape index (κ2) is 2.71. The molecule has 2 rings (SSSR count). The Morgan fingerprint density at radius 1 is 1.50 bits per heavy atom. The van der Waals surface area contributed by atoms with Crippen molar-refractivity contribution in [3.05, 3.63) is 23.9 Å². The van der Waals surface area contributed by atoms with Crippen LogP contribution in [0.5, 0.6) is 0 Å². The first kappa shape index (κ1) is 7.49. The van der Waals surface area contributed by atoms with E-state index in [0.29, 0.717) is 11.4 Å². The fourth-order valence-electron chi connectivity index (χ4n) is 1.17. The van der Waals surface area contributed by atoms with Crippen molar-refractivity contribution in [2.24, 2.45) is 0 Å². The van der Waals surface area contributed by atoms with Gasteiger partial charge in [0.15, 0.2) is 0 Å². The van der Waals surface area contributed by atoms with Crippen LogP contribution in [0.3, 0.4) is 0 Å². The molecule has 0 aliphatic carbocycles. The van der Waals surface area contributed by atoms with Gasteiger partial charge >= 0.3 is 0 Å². The standard InChI is InChI=1S/C8H7FN2S/c9-4-6-8-5(10)2-1-3-7(8)12-11-6/h1-3H,4,10H2. The molecule has 4 heteroatoms. The van der Waals surface area contributed by atoms with Crippen molar-refractivity contribution < 1.29 is 4.39 Å². The molecule has 1 heterocycles. The molecule has 0 amide bonds. The van der Waals surface area contributed by atoms with E-state index in [1.807, 2.05) is 12.1 Å². The van der Waals surface area contributed by atoms with Crippen LogP contribution in [0.2, 0.25) is 0 Å². The van der Waals surface area contributed by atoms with Gasteiger partial charge in [-0.25, -0.2) is 4.39 Å². The lowest BCUT2D eigenvalue weighted by Gasteiger charge is -1.95. The van der Waals surface area contributed by atoms with Crippen LogP contribution in [0.15, 0.2) is 18.2 Å². The minimum Gasteiger partial charge on any atom is -0.398 e. The molecule has 2 N–H and O–H groups in total. The predicted molar refractivity (Wildman–Crippen MR) is 48.8 cm³/mol. The number of rotatable bonds is 1. The zero-order valence-corrected chi connectivity index (χ0v) is 7.07. The van der Waals surface area contributed by atoms with Crippen molar-refractivity contribution in [2.45, 2.75) is 6.67 Å². The molecule has 0 bridgehead atoms. The van der Waals surface area contributed by atoms with Crippen LogP contribution in [0, 0.1) is 0 Å². The number of nitrogens with zero attached hydrogens (tertiary/aromatic N) is 1. The quantitative estimate of drug-likeness (QED) is 0.687. The summed E-state index contributed by atoms with van der Waals surface area (Å²) in [4.78, 5) is 0. The van der Waals surface area contributed by atoms with Gasteiger partial charge in [-0.05, 0) is 23.7 Å². The van der Waals surface area contributed by atoms with Crippen LogP contribution in [0.4, 0.5) is 10.1 Å². The van der Waals surface area contributed by atoms with Gasteiger partial charge < -0.3 is 5.73 Å². The zero-order valence-electron chi connectivity index (χ0n) is 6.25. The summed E-state index contributed by atoms with van der Waals surface area (Å²) in [6, 6.07) is 5.50. The summed E-state index contributed by atoms with van der Waals surface area (Å²) >= 11 is 1.28. The number of anilines is 1. The van der Waals surface area contributed by atoms with E-state index in [-0.39, 0.29) is 0 Å². The van der Waals surface area contributed by atoms with E-state index in [4.69, 9.17) is 5.73 Å². The molecular formula is C8H7FN2S. The van der Waals surface area contributed by atoms with E-state index in [1.54, 1.807) is 6.07 Å². The topological polar surface area (TPSA) is 38.9 Å². The highest BCUT2D eigenvalue weighted by Gasteiger charge is 2.07. The van der Waals surface area contributed by atoms with Crippen molar-refractivity contribution in [2.75, 3.05) is 5.73 Å². The van der Waals surface area contributed by atoms with Gasteiger partial charge in [-0.3, -0.25) is 0 Å². The lowest BCUT2D eigenvalue weighted by Crippen LogP contribution is -1.87. The van der Waals surface area contributed by atoms with E-state index in [1.165, 1.54) is 11.5 Å². The predicted octanol–water partition coefficient (Wildman–Crippen LogP) is 2.35. The van der Waals surface area contributed by atoms with Crippen LogP contribution >= 0.6 is 11.5 Å². The average Bonchev–Trinajstić information content (AvgIpc) is 2.49. The van der Waals surface area contributed by atoms with Gasteiger partial charge in [0.2, 0.25) is 0 Å². The maximum absolute atomic E-state index is 12.4. The molecular weight excluding hydrogens is 175 g/mol. The number of hydrogen-bond donors (Lipinski definition) is 1. The third-order valence-electron chi connectivity index (χ3n) is 1.73. The maximum atomic E-state index is 12.4.